The summed E-state index contributed by atoms with van der Waals surface area (Å²) < 4.78 is 73.9. The minimum absolute atomic E-state index is 0.00528. The quantitative estimate of drug-likeness (QED) is 0.244. The van der Waals surface area contributed by atoms with Gasteiger partial charge in [-0.15, -0.1) is 6.42 Å². The molecule has 0 saturated carbocycles. The van der Waals surface area contributed by atoms with Crippen LogP contribution >= 0.6 is 0 Å². The molecule has 2 aromatic heterocycles. The molecule has 240 valence electrons. The fraction of sp³-hybridized carbons (Fsp3) is 0.424. The summed E-state index contributed by atoms with van der Waals surface area (Å²) in [5.74, 6) is -0.584. The Morgan fingerprint density at radius 3 is 2.80 bits per heavy atom. The minimum Gasteiger partial charge on any atom is -0.461 e. The molecule has 3 saturated heterocycles. The summed E-state index contributed by atoms with van der Waals surface area (Å²) in [5, 5.41) is 11.3. The first-order chi connectivity index (χ1) is 22.0. The lowest BCUT2D eigenvalue weighted by Crippen LogP contribution is -2.44. The SMILES string of the molecule is C#Cc1c(F)ccc2cc(N)nc(-c3c(F)cc4c(N5CCOCC(C)(O)C5)nc(OC[C@@]56CCCN5C[C@H](F)C6)nc4c3F)c12. The van der Waals surface area contributed by atoms with Gasteiger partial charge in [0.15, 0.2) is 5.82 Å². The predicted octanol–water partition coefficient (Wildman–Crippen LogP) is 4.37. The smallest absolute Gasteiger partial charge is 0.319 e. The molecular formula is C33H32F4N6O3. The van der Waals surface area contributed by atoms with Gasteiger partial charge in [-0.25, -0.2) is 22.5 Å². The summed E-state index contributed by atoms with van der Waals surface area (Å²) in [4.78, 5) is 16.9. The van der Waals surface area contributed by atoms with Crippen LogP contribution in [0.5, 0.6) is 6.01 Å². The summed E-state index contributed by atoms with van der Waals surface area (Å²) >= 11 is 0. The van der Waals surface area contributed by atoms with Crippen molar-refractivity contribution in [2.24, 2.45) is 0 Å². The topological polar surface area (TPSA) is 110 Å². The molecule has 5 heterocycles. The molecule has 0 amide bonds. The van der Waals surface area contributed by atoms with Crippen LogP contribution in [0.2, 0.25) is 0 Å². The van der Waals surface area contributed by atoms with Crippen molar-refractivity contribution in [1.29, 1.82) is 0 Å². The van der Waals surface area contributed by atoms with Crippen LogP contribution in [0, 0.1) is 29.8 Å². The Balaban J connectivity index is 1.42. The van der Waals surface area contributed by atoms with Crippen LogP contribution in [0.1, 0.15) is 31.7 Å². The molecule has 0 bridgehead atoms. The van der Waals surface area contributed by atoms with E-state index in [2.05, 4.69) is 25.8 Å². The van der Waals surface area contributed by atoms with Crippen molar-refractivity contribution in [3.05, 3.63) is 47.3 Å². The largest absolute Gasteiger partial charge is 0.461 e. The third-order valence-corrected chi connectivity index (χ3v) is 9.17. The maximum atomic E-state index is 16.8. The van der Waals surface area contributed by atoms with Crippen LogP contribution in [0.15, 0.2) is 24.3 Å². The molecule has 46 heavy (non-hydrogen) atoms. The normalized spacial score (nSPS) is 25.2. The van der Waals surface area contributed by atoms with Crippen LogP contribution in [0.25, 0.3) is 32.9 Å². The van der Waals surface area contributed by atoms with Crippen molar-refractivity contribution >= 4 is 33.3 Å². The number of rotatable bonds is 5. The first kappa shape index (κ1) is 30.4. The zero-order valence-electron chi connectivity index (χ0n) is 25.1. The van der Waals surface area contributed by atoms with Crippen molar-refractivity contribution in [3.8, 4) is 29.6 Å². The zero-order chi connectivity index (χ0) is 32.4. The van der Waals surface area contributed by atoms with Gasteiger partial charge in [0.1, 0.15) is 47.2 Å². The fourth-order valence-corrected chi connectivity index (χ4v) is 7.18. The van der Waals surface area contributed by atoms with Crippen LogP contribution < -0.4 is 15.4 Å². The van der Waals surface area contributed by atoms with Gasteiger partial charge in [0, 0.05) is 30.3 Å². The van der Waals surface area contributed by atoms with Crippen molar-refractivity contribution in [1.82, 2.24) is 19.9 Å². The van der Waals surface area contributed by atoms with Crippen LogP contribution in [-0.4, -0.2) is 88.3 Å². The van der Waals surface area contributed by atoms with Crippen LogP contribution in [0.4, 0.5) is 29.2 Å². The Labute approximate surface area is 262 Å². The number of halogens is 4. The van der Waals surface area contributed by atoms with E-state index in [0.29, 0.717) is 18.4 Å². The summed E-state index contributed by atoms with van der Waals surface area (Å²) in [6.07, 6.45) is 6.55. The molecule has 3 aliphatic heterocycles. The van der Waals surface area contributed by atoms with Gasteiger partial charge in [-0.3, -0.25) is 4.90 Å². The zero-order valence-corrected chi connectivity index (χ0v) is 25.1. The third kappa shape index (κ3) is 5.14. The number of anilines is 2. The summed E-state index contributed by atoms with van der Waals surface area (Å²) in [6.45, 7) is 3.28. The highest BCUT2D eigenvalue weighted by Crippen LogP contribution is 2.42. The Morgan fingerprint density at radius 2 is 2.00 bits per heavy atom. The fourth-order valence-electron chi connectivity index (χ4n) is 7.18. The Bertz CT molecular complexity index is 1920. The number of terminal acetylenes is 1. The molecule has 3 fully saturated rings. The molecule has 0 spiro atoms. The van der Waals surface area contributed by atoms with Gasteiger partial charge < -0.3 is 25.2 Å². The first-order valence-electron chi connectivity index (χ1n) is 15.1. The van der Waals surface area contributed by atoms with Crippen LogP contribution in [0.3, 0.4) is 0 Å². The standard InChI is InChI=1S/C33H32F4N6O3/c1-3-20-22(35)6-5-18-11-24(38)39-29(25(18)20)26-23(36)12-21-28(27(26)37)40-31(41-30(21)42-9-10-45-16-32(2,44)15-42)46-17-33-7-4-8-43(33)14-19(34)13-33/h1,5-6,11-12,19,44H,4,7-10,13-17H2,2H3,(H2,38,39)/t19-,32?,33+/m1/s1. The molecule has 2 aromatic carbocycles. The van der Waals surface area contributed by atoms with Gasteiger partial charge in [-0.05, 0) is 49.9 Å². The van der Waals surface area contributed by atoms with E-state index >= 15 is 8.78 Å². The second-order valence-corrected chi connectivity index (χ2v) is 12.7. The molecular weight excluding hydrogens is 604 g/mol. The molecule has 7 rings (SSSR count). The van der Waals surface area contributed by atoms with E-state index in [1.807, 2.05) is 0 Å². The highest BCUT2D eigenvalue weighted by Gasteiger charge is 2.49. The summed E-state index contributed by atoms with van der Waals surface area (Å²) in [5.41, 5.74) is 2.78. The van der Waals surface area contributed by atoms with Gasteiger partial charge in [-0.1, -0.05) is 12.0 Å². The number of pyridine rings is 1. The monoisotopic (exact) mass is 636 g/mol. The number of benzene rings is 2. The maximum Gasteiger partial charge on any atom is 0.319 e. The number of aromatic nitrogens is 3. The van der Waals surface area contributed by atoms with Gasteiger partial charge in [0.2, 0.25) is 0 Å². The predicted molar refractivity (Wildman–Crippen MR) is 165 cm³/mol. The summed E-state index contributed by atoms with van der Waals surface area (Å²) in [7, 11) is 0. The number of ether oxygens (including phenoxy) is 2. The van der Waals surface area contributed by atoms with E-state index in [4.69, 9.17) is 21.6 Å². The third-order valence-electron chi connectivity index (χ3n) is 9.17. The molecule has 1 unspecified atom stereocenters. The van der Waals surface area contributed by atoms with E-state index in [1.54, 1.807) is 11.8 Å². The second kappa shape index (κ2) is 11.2. The van der Waals surface area contributed by atoms with E-state index in [0.717, 1.165) is 31.5 Å². The number of aliphatic hydroxyl groups is 1. The van der Waals surface area contributed by atoms with Gasteiger partial charge >= 0.3 is 6.01 Å². The number of hydrogen-bond donors (Lipinski definition) is 2. The number of β-amino-alcohol motifs (C(OH)–C–C–N with tert-alkyl or cyclic N) is 1. The lowest BCUT2D eigenvalue weighted by Gasteiger charge is -2.31. The molecule has 0 radical (unpaired) electrons. The highest BCUT2D eigenvalue weighted by molar-refractivity contribution is 6.03. The second-order valence-electron chi connectivity index (χ2n) is 12.7. The van der Waals surface area contributed by atoms with E-state index in [9.17, 15) is 13.9 Å². The molecule has 3 aliphatic rings. The number of nitrogens with two attached hydrogens (primary N) is 1. The van der Waals surface area contributed by atoms with Crippen molar-refractivity contribution in [2.75, 3.05) is 56.6 Å². The number of alkyl halides is 1. The average molecular weight is 637 g/mol. The van der Waals surface area contributed by atoms with E-state index < -0.39 is 40.3 Å². The van der Waals surface area contributed by atoms with E-state index in [1.165, 1.54) is 12.1 Å². The maximum absolute atomic E-state index is 16.8. The molecule has 4 aromatic rings. The lowest BCUT2D eigenvalue weighted by atomic mass is 9.95. The van der Waals surface area contributed by atoms with Gasteiger partial charge in [-0.2, -0.15) is 9.97 Å². The lowest BCUT2D eigenvalue weighted by molar-refractivity contribution is -0.0123. The molecule has 0 aliphatic carbocycles. The van der Waals surface area contributed by atoms with Crippen molar-refractivity contribution in [2.45, 2.75) is 43.5 Å². The molecule has 3 N–H and O–H groups in total. The van der Waals surface area contributed by atoms with E-state index in [-0.39, 0.29) is 78.1 Å². The first-order valence-corrected chi connectivity index (χ1v) is 15.1. The van der Waals surface area contributed by atoms with Crippen LogP contribution in [-0.2, 0) is 4.74 Å². The number of hydrogen-bond acceptors (Lipinski definition) is 9. The molecule has 13 heteroatoms. The van der Waals surface area contributed by atoms with Crippen molar-refractivity contribution in [3.63, 3.8) is 0 Å². The Kier molecular flexibility index (Phi) is 7.42. The van der Waals surface area contributed by atoms with Crippen molar-refractivity contribution < 1.29 is 32.1 Å². The highest BCUT2D eigenvalue weighted by atomic mass is 19.1. The number of nitrogens with zero attached hydrogens (tertiary/aromatic N) is 5. The number of fused-ring (bicyclic) bond motifs is 3. The molecule has 3 atom stereocenters. The Morgan fingerprint density at radius 1 is 1.17 bits per heavy atom. The van der Waals surface area contributed by atoms with Gasteiger partial charge in [0.05, 0.1) is 42.1 Å². The average Bonchev–Trinajstić information content (AvgIpc) is 3.46. The molecule has 9 nitrogen and oxygen atoms in total. The number of nitrogen functional groups attached to an aromatic ring is 1. The van der Waals surface area contributed by atoms with Gasteiger partial charge in [0.25, 0.3) is 0 Å². The summed E-state index contributed by atoms with van der Waals surface area (Å²) in [6, 6.07) is 4.86. The Hall–Kier alpha value is -4.25. The minimum atomic E-state index is -1.30.